The Morgan fingerprint density at radius 1 is 1.10 bits per heavy atom. The Hall–Kier alpha value is -1.60. The van der Waals surface area contributed by atoms with Gasteiger partial charge in [-0.15, -0.1) is 11.3 Å². The van der Waals surface area contributed by atoms with Gasteiger partial charge in [0.1, 0.15) is 28.0 Å². The molecule has 1 aromatic carbocycles. The molecule has 2 heterocycles. The molecule has 0 unspecified atom stereocenters. The molecule has 1 fully saturated rings. The summed E-state index contributed by atoms with van der Waals surface area (Å²) in [6.07, 6.45) is 6.72. The van der Waals surface area contributed by atoms with Crippen LogP contribution in [0.4, 0.5) is 11.5 Å². The van der Waals surface area contributed by atoms with Crippen molar-refractivity contribution in [1.82, 2.24) is 9.97 Å². The summed E-state index contributed by atoms with van der Waals surface area (Å²) in [6.45, 7) is 1.88. The van der Waals surface area contributed by atoms with E-state index in [0.717, 1.165) is 36.6 Å². The topological polar surface area (TPSA) is 64.1 Å². The van der Waals surface area contributed by atoms with E-state index < -0.39 is 0 Å². The number of carbonyl (C=O) groups is 1. The highest BCUT2D eigenvalue weighted by Gasteiger charge is 2.24. The maximum atomic E-state index is 12.8. The number of aryl methyl sites for hydroxylation is 1. The number of esters is 1. The van der Waals surface area contributed by atoms with Crippen LogP contribution in [0.1, 0.15) is 47.3 Å². The third-order valence-electron chi connectivity index (χ3n) is 5.00. The number of aromatic nitrogens is 2. The monoisotopic (exact) mass is 469 g/mol. The van der Waals surface area contributed by atoms with E-state index in [1.807, 2.05) is 6.92 Å². The minimum atomic E-state index is -0.295. The van der Waals surface area contributed by atoms with Crippen LogP contribution in [0.3, 0.4) is 0 Å². The molecular formula is C20H18Cl3N3O2S. The Morgan fingerprint density at radius 3 is 2.59 bits per heavy atom. The maximum Gasteiger partial charge on any atom is 0.348 e. The number of hydrogen-bond acceptors (Lipinski definition) is 6. The molecule has 1 saturated carbocycles. The van der Waals surface area contributed by atoms with Crippen molar-refractivity contribution in [2.45, 2.75) is 45.1 Å². The first kappa shape index (κ1) is 20.7. The van der Waals surface area contributed by atoms with Crippen molar-refractivity contribution in [3.05, 3.63) is 44.0 Å². The van der Waals surface area contributed by atoms with Gasteiger partial charge in [0, 0.05) is 0 Å². The molecule has 0 radical (unpaired) electrons. The molecule has 152 valence electrons. The summed E-state index contributed by atoms with van der Waals surface area (Å²) in [5.74, 6) is 0.247. The molecule has 1 N–H and O–H groups in total. The molecule has 2 aromatic heterocycles. The van der Waals surface area contributed by atoms with E-state index in [0.29, 0.717) is 36.3 Å². The highest BCUT2D eigenvalue weighted by Crippen LogP contribution is 2.38. The molecule has 0 amide bonds. The molecule has 3 aromatic rings. The molecule has 9 heteroatoms. The van der Waals surface area contributed by atoms with Crippen molar-refractivity contribution in [1.29, 1.82) is 0 Å². The second kappa shape index (κ2) is 8.64. The first-order valence-corrected chi connectivity index (χ1v) is 11.3. The zero-order valence-electron chi connectivity index (χ0n) is 15.6. The molecule has 0 aliphatic heterocycles. The largest absolute Gasteiger partial charge is 0.458 e. The number of nitrogens with zero attached hydrogens (tertiary/aromatic N) is 2. The Kier molecular flexibility index (Phi) is 6.16. The van der Waals surface area contributed by atoms with Crippen LogP contribution >= 0.6 is 46.1 Å². The number of halogens is 3. The first-order valence-electron chi connectivity index (χ1n) is 9.30. The van der Waals surface area contributed by atoms with Gasteiger partial charge in [0.15, 0.2) is 0 Å². The molecule has 0 spiro atoms. The van der Waals surface area contributed by atoms with Crippen LogP contribution in [0.25, 0.3) is 10.2 Å². The van der Waals surface area contributed by atoms with Crippen molar-refractivity contribution in [3.63, 3.8) is 0 Å². The van der Waals surface area contributed by atoms with Crippen LogP contribution < -0.4 is 5.32 Å². The fraction of sp³-hybridized carbons (Fsp3) is 0.350. The third-order valence-corrected chi connectivity index (χ3v) is 7.22. The number of thiophene rings is 1. The molecule has 0 bridgehead atoms. The number of hydrogen-bond donors (Lipinski definition) is 1. The molecule has 5 nitrogen and oxygen atoms in total. The first-order chi connectivity index (χ1) is 13.9. The van der Waals surface area contributed by atoms with Gasteiger partial charge in [-0.25, -0.2) is 14.8 Å². The Bertz CT molecular complexity index is 1080. The second-order valence-corrected chi connectivity index (χ2v) is 9.22. The molecule has 4 rings (SSSR count). The number of fused-ring (bicyclic) bond motifs is 1. The number of carbonyl (C=O) groups excluding carboxylic acids is 1. The van der Waals surface area contributed by atoms with Gasteiger partial charge in [0.2, 0.25) is 0 Å². The number of benzene rings is 1. The standard InChI is InChI=1S/C20H18Cl3N3O2S/c1-10-16-18(26-15-8-13(22)12(21)7-14(15)23)24-9-25-19(16)29-17(10)20(27)28-11-5-3-2-4-6-11/h7-9,11H,2-6H2,1H3,(H,24,25,26). The normalized spacial score (nSPS) is 14.9. The fourth-order valence-corrected chi connectivity index (χ4v) is 5.12. The van der Waals surface area contributed by atoms with Crippen molar-refractivity contribution < 1.29 is 9.53 Å². The number of anilines is 2. The Morgan fingerprint density at radius 2 is 1.83 bits per heavy atom. The van der Waals surface area contributed by atoms with Gasteiger partial charge >= 0.3 is 5.97 Å². The van der Waals surface area contributed by atoms with Crippen molar-refractivity contribution in [2.24, 2.45) is 0 Å². The smallest absolute Gasteiger partial charge is 0.348 e. The summed E-state index contributed by atoms with van der Waals surface area (Å²) in [4.78, 5) is 22.7. The van der Waals surface area contributed by atoms with Crippen molar-refractivity contribution in [2.75, 3.05) is 5.32 Å². The second-order valence-electron chi connectivity index (χ2n) is 7.00. The summed E-state index contributed by atoms with van der Waals surface area (Å²) < 4.78 is 5.74. The lowest BCUT2D eigenvalue weighted by atomic mass is 9.98. The van der Waals surface area contributed by atoms with Gasteiger partial charge < -0.3 is 10.1 Å². The lowest BCUT2D eigenvalue weighted by molar-refractivity contribution is 0.0216. The van der Waals surface area contributed by atoms with E-state index in [-0.39, 0.29) is 12.1 Å². The van der Waals surface area contributed by atoms with Crippen LogP contribution in [0.15, 0.2) is 18.5 Å². The SMILES string of the molecule is Cc1c(C(=O)OC2CCCCC2)sc2ncnc(Nc3cc(Cl)c(Cl)cc3Cl)c12. The highest BCUT2D eigenvalue weighted by atomic mass is 35.5. The Labute approximate surface area is 187 Å². The number of rotatable bonds is 4. The van der Waals surface area contributed by atoms with Crippen molar-refractivity contribution >= 4 is 73.8 Å². The van der Waals surface area contributed by atoms with Gasteiger partial charge in [0.05, 0.1) is 26.1 Å². The van der Waals surface area contributed by atoms with E-state index in [2.05, 4.69) is 15.3 Å². The summed E-state index contributed by atoms with van der Waals surface area (Å²) in [5, 5.41) is 5.11. The van der Waals surface area contributed by atoms with E-state index >= 15 is 0 Å². The predicted octanol–water partition coefficient (Wildman–Crippen LogP) is 7.19. The Balaban J connectivity index is 1.66. The number of nitrogens with one attached hydrogen (secondary N) is 1. The van der Waals surface area contributed by atoms with Crippen LogP contribution in [0, 0.1) is 6.92 Å². The van der Waals surface area contributed by atoms with E-state index in [9.17, 15) is 4.79 Å². The van der Waals surface area contributed by atoms with Gasteiger partial charge in [-0.3, -0.25) is 0 Å². The maximum absolute atomic E-state index is 12.8. The van der Waals surface area contributed by atoms with Crippen LogP contribution in [0.2, 0.25) is 15.1 Å². The van der Waals surface area contributed by atoms with Crippen molar-refractivity contribution in [3.8, 4) is 0 Å². The van der Waals surface area contributed by atoms with Gasteiger partial charge in [-0.05, 0) is 50.3 Å². The zero-order valence-corrected chi connectivity index (χ0v) is 18.7. The summed E-state index contributed by atoms with van der Waals surface area (Å²) in [7, 11) is 0. The minimum absolute atomic E-state index is 0.000410. The lowest BCUT2D eigenvalue weighted by Crippen LogP contribution is -2.20. The third kappa shape index (κ3) is 4.31. The molecule has 0 saturated heterocycles. The van der Waals surface area contributed by atoms with Gasteiger partial charge in [0.25, 0.3) is 0 Å². The molecule has 0 atom stereocenters. The van der Waals surface area contributed by atoms with Crippen LogP contribution in [-0.4, -0.2) is 22.0 Å². The van der Waals surface area contributed by atoms with Crippen LogP contribution in [-0.2, 0) is 4.74 Å². The lowest BCUT2D eigenvalue weighted by Gasteiger charge is -2.21. The number of ether oxygens (including phenoxy) is 1. The minimum Gasteiger partial charge on any atom is -0.458 e. The van der Waals surface area contributed by atoms with E-state index in [1.54, 1.807) is 12.1 Å². The molecule has 29 heavy (non-hydrogen) atoms. The fourth-order valence-electron chi connectivity index (χ4n) is 3.49. The summed E-state index contributed by atoms with van der Waals surface area (Å²) in [5.41, 5.74) is 1.35. The van der Waals surface area contributed by atoms with E-state index in [4.69, 9.17) is 39.5 Å². The zero-order chi connectivity index (χ0) is 20.5. The van der Waals surface area contributed by atoms with E-state index in [1.165, 1.54) is 24.1 Å². The molecule has 1 aliphatic rings. The molecule has 1 aliphatic carbocycles. The van der Waals surface area contributed by atoms with Crippen LogP contribution in [0.5, 0.6) is 0 Å². The van der Waals surface area contributed by atoms with Gasteiger partial charge in [-0.1, -0.05) is 41.2 Å². The molecular weight excluding hydrogens is 453 g/mol. The quantitative estimate of drug-likeness (QED) is 0.323. The average Bonchev–Trinajstić information content (AvgIpc) is 3.05. The van der Waals surface area contributed by atoms with Gasteiger partial charge in [-0.2, -0.15) is 0 Å². The summed E-state index contributed by atoms with van der Waals surface area (Å²) in [6, 6.07) is 3.21. The highest BCUT2D eigenvalue weighted by molar-refractivity contribution is 7.20. The summed E-state index contributed by atoms with van der Waals surface area (Å²) >= 11 is 19.7. The predicted molar refractivity (Wildman–Crippen MR) is 119 cm³/mol. The average molecular weight is 471 g/mol.